The molecule has 1 saturated heterocycles. The number of nitrogens with one attached hydrogen (secondary N) is 1. The zero-order valence-electron chi connectivity index (χ0n) is 8.94. The van der Waals surface area contributed by atoms with E-state index in [0.717, 1.165) is 19.4 Å². The number of carbonyl (C=O) groups is 1. The van der Waals surface area contributed by atoms with Crippen molar-refractivity contribution in [3.63, 3.8) is 0 Å². The predicted octanol–water partition coefficient (Wildman–Crippen LogP) is 1.25. The molecule has 0 amide bonds. The summed E-state index contributed by atoms with van der Waals surface area (Å²) in [5.74, 6) is -0.410. The molecular formula is C11H15NO4. The minimum Gasteiger partial charge on any atom is -0.475 e. The molecule has 2 rings (SSSR count). The number of hydrogen-bond acceptors (Lipinski definition) is 4. The van der Waals surface area contributed by atoms with Gasteiger partial charge in [-0.15, -0.1) is 0 Å². The quantitative estimate of drug-likeness (QED) is 0.806. The highest BCUT2D eigenvalue weighted by atomic mass is 16.5. The molecule has 1 aliphatic rings. The second-order valence-corrected chi connectivity index (χ2v) is 3.87. The summed E-state index contributed by atoms with van der Waals surface area (Å²) in [5, 5.41) is 12.0. The van der Waals surface area contributed by atoms with Gasteiger partial charge >= 0.3 is 5.97 Å². The fourth-order valence-electron chi connectivity index (χ4n) is 1.73. The molecule has 16 heavy (non-hydrogen) atoms. The van der Waals surface area contributed by atoms with Crippen molar-refractivity contribution in [2.45, 2.75) is 25.4 Å². The minimum atomic E-state index is -1.03. The van der Waals surface area contributed by atoms with Gasteiger partial charge < -0.3 is 19.6 Å². The third-order valence-electron chi connectivity index (χ3n) is 2.60. The van der Waals surface area contributed by atoms with Crippen LogP contribution in [0.1, 0.15) is 29.2 Å². The summed E-state index contributed by atoms with van der Waals surface area (Å²) in [5.41, 5.74) is 0. The largest absolute Gasteiger partial charge is 0.475 e. The molecule has 2 N–H and O–H groups in total. The molecule has 1 unspecified atom stereocenters. The Labute approximate surface area is 93.4 Å². The Morgan fingerprint density at radius 2 is 2.44 bits per heavy atom. The molecule has 0 aliphatic carbocycles. The standard InChI is InChI=1S/C11H15NO4/c13-11(14)10-4-3-9(16-10)6-12-8-2-1-5-15-7-8/h3-4,8,12H,1-2,5-7H2,(H,13,14). The number of furan rings is 1. The first-order chi connectivity index (χ1) is 7.75. The monoisotopic (exact) mass is 225 g/mol. The number of hydrogen-bond donors (Lipinski definition) is 2. The van der Waals surface area contributed by atoms with Crippen molar-refractivity contribution in [3.8, 4) is 0 Å². The van der Waals surface area contributed by atoms with Crippen LogP contribution >= 0.6 is 0 Å². The molecule has 88 valence electrons. The Bertz CT molecular complexity index is 355. The number of rotatable bonds is 4. The van der Waals surface area contributed by atoms with Crippen LogP contribution in [-0.2, 0) is 11.3 Å². The van der Waals surface area contributed by atoms with Gasteiger partial charge in [0.1, 0.15) is 5.76 Å². The van der Waals surface area contributed by atoms with Gasteiger partial charge in [-0.25, -0.2) is 4.79 Å². The molecule has 1 atom stereocenters. The van der Waals surface area contributed by atoms with Crippen LogP contribution in [0.5, 0.6) is 0 Å². The summed E-state index contributed by atoms with van der Waals surface area (Å²) in [6.45, 7) is 2.09. The van der Waals surface area contributed by atoms with Crippen molar-refractivity contribution in [2.24, 2.45) is 0 Å². The molecular weight excluding hydrogens is 210 g/mol. The summed E-state index contributed by atoms with van der Waals surface area (Å²) >= 11 is 0. The maximum absolute atomic E-state index is 10.6. The van der Waals surface area contributed by atoms with Gasteiger partial charge in [-0.05, 0) is 25.0 Å². The van der Waals surface area contributed by atoms with Crippen molar-refractivity contribution < 1.29 is 19.1 Å². The van der Waals surface area contributed by atoms with Crippen LogP contribution in [0, 0.1) is 0 Å². The number of aromatic carboxylic acids is 1. The van der Waals surface area contributed by atoms with Gasteiger partial charge in [-0.3, -0.25) is 0 Å². The molecule has 0 saturated carbocycles. The van der Waals surface area contributed by atoms with Crippen LogP contribution in [-0.4, -0.2) is 30.3 Å². The van der Waals surface area contributed by atoms with Crippen LogP contribution < -0.4 is 5.32 Å². The fourth-order valence-corrected chi connectivity index (χ4v) is 1.73. The maximum Gasteiger partial charge on any atom is 0.371 e. The summed E-state index contributed by atoms with van der Waals surface area (Å²) in [6, 6.07) is 3.49. The van der Waals surface area contributed by atoms with Crippen molar-refractivity contribution >= 4 is 5.97 Å². The van der Waals surface area contributed by atoms with E-state index in [1.165, 1.54) is 6.07 Å². The van der Waals surface area contributed by atoms with Crippen LogP contribution in [0.4, 0.5) is 0 Å². The van der Waals surface area contributed by atoms with Crippen molar-refractivity contribution in [2.75, 3.05) is 13.2 Å². The second kappa shape index (κ2) is 5.14. The Morgan fingerprint density at radius 3 is 3.06 bits per heavy atom. The zero-order valence-corrected chi connectivity index (χ0v) is 8.94. The van der Waals surface area contributed by atoms with Crippen molar-refractivity contribution in [1.29, 1.82) is 0 Å². The number of carboxylic acids is 1. The van der Waals surface area contributed by atoms with E-state index in [4.69, 9.17) is 14.3 Å². The van der Waals surface area contributed by atoms with Gasteiger partial charge in [0.25, 0.3) is 0 Å². The third-order valence-corrected chi connectivity index (χ3v) is 2.60. The Kier molecular flexibility index (Phi) is 3.58. The summed E-state index contributed by atoms with van der Waals surface area (Å²) in [6.07, 6.45) is 2.16. The smallest absolute Gasteiger partial charge is 0.371 e. The first-order valence-electron chi connectivity index (χ1n) is 5.39. The Morgan fingerprint density at radius 1 is 1.56 bits per heavy atom. The van der Waals surface area contributed by atoms with E-state index in [1.54, 1.807) is 6.07 Å². The zero-order chi connectivity index (χ0) is 11.4. The van der Waals surface area contributed by atoms with Gasteiger partial charge in [0.05, 0.1) is 13.2 Å². The van der Waals surface area contributed by atoms with E-state index in [9.17, 15) is 4.79 Å². The van der Waals surface area contributed by atoms with Crippen molar-refractivity contribution in [1.82, 2.24) is 5.32 Å². The third kappa shape index (κ3) is 2.84. The van der Waals surface area contributed by atoms with Gasteiger partial charge in [0.2, 0.25) is 5.76 Å². The van der Waals surface area contributed by atoms with E-state index in [-0.39, 0.29) is 5.76 Å². The molecule has 5 nitrogen and oxygen atoms in total. The molecule has 5 heteroatoms. The average molecular weight is 225 g/mol. The molecule has 1 aromatic rings. The van der Waals surface area contributed by atoms with E-state index in [0.29, 0.717) is 25.0 Å². The maximum atomic E-state index is 10.6. The molecule has 0 bridgehead atoms. The van der Waals surface area contributed by atoms with Gasteiger partial charge in [0.15, 0.2) is 0 Å². The van der Waals surface area contributed by atoms with Crippen LogP contribution in [0.25, 0.3) is 0 Å². The lowest BCUT2D eigenvalue weighted by Gasteiger charge is -2.22. The normalized spacial score (nSPS) is 20.9. The molecule has 1 aliphatic heterocycles. The van der Waals surface area contributed by atoms with Gasteiger partial charge in [0, 0.05) is 12.6 Å². The minimum absolute atomic E-state index is 0.0169. The van der Waals surface area contributed by atoms with Crippen molar-refractivity contribution in [3.05, 3.63) is 23.7 Å². The van der Waals surface area contributed by atoms with Gasteiger partial charge in [-0.1, -0.05) is 0 Å². The van der Waals surface area contributed by atoms with E-state index in [1.807, 2.05) is 0 Å². The van der Waals surface area contributed by atoms with E-state index >= 15 is 0 Å². The van der Waals surface area contributed by atoms with E-state index in [2.05, 4.69) is 5.32 Å². The summed E-state index contributed by atoms with van der Waals surface area (Å²) in [4.78, 5) is 10.6. The lowest BCUT2D eigenvalue weighted by atomic mass is 10.1. The Hall–Kier alpha value is -1.33. The molecule has 0 radical (unpaired) electrons. The predicted molar refractivity (Wildman–Crippen MR) is 56.3 cm³/mol. The molecule has 0 aromatic carbocycles. The molecule has 1 fully saturated rings. The lowest BCUT2D eigenvalue weighted by molar-refractivity contribution is 0.0651. The highest BCUT2D eigenvalue weighted by molar-refractivity contribution is 5.84. The van der Waals surface area contributed by atoms with Crippen LogP contribution in [0.15, 0.2) is 16.5 Å². The molecule has 2 heterocycles. The van der Waals surface area contributed by atoms with E-state index < -0.39 is 5.97 Å². The molecule has 0 spiro atoms. The fraction of sp³-hybridized carbons (Fsp3) is 0.545. The van der Waals surface area contributed by atoms with Crippen LogP contribution in [0.2, 0.25) is 0 Å². The first kappa shape index (κ1) is 11.2. The summed E-state index contributed by atoms with van der Waals surface area (Å²) < 4.78 is 10.5. The SMILES string of the molecule is O=C(O)c1ccc(CNC2CCCOC2)o1. The van der Waals surface area contributed by atoms with Crippen LogP contribution in [0.3, 0.4) is 0 Å². The molecule has 1 aromatic heterocycles. The second-order valence-electron chi connectivity index (χ2n) is 3.87. The lowest BCUT2D eigenvalue weighted by Crippen LogP contribution is -2.36. The topological polar surface area (TPSA) is 71.7 Å². The Balaban J connectivity index is 1.81. The highest BCUT2D eigenvalue weighted by Gasteiger charge is 2.14. The average Bonchev–Trinajstić information content (AvgIpc) is 2.76. The number of carboxylic acid groups (broad SMARTS) is 1. The number of ether oxygens (including phenoxy) is 1. The highest BCUT2D eigenvalue weighted by Crippen LogP contribution is 2.10. The summed E-state index contributed by atoms with van der Waals surface area (Å²) in [7, 11) is 0. The first-order valence-corrected chi connectivity index (χ1v) is 5.39. The van der Waals surface area contributed by atoms with Gasteiger partial charge in [-0.2, -0.15) is 0 Å².